The zero-order valence-corrected chi connectivity index (χ0v) is 25.4. The first-order valence-electron chi connectivity index (χ1n) is 11.4. The van der Waals surface area contributed by atoms with Gasteiger partial charge < -0.3 is 8.85 Å². The van der Waals surface area contributed by atoms with Gasteiger partial charge >= 0.3 is 0 Å². The Bertz CT molecular complexity index is 701. The summed E-state index contributed by atoms with van der Waals surface area (Å²) < 4.78 is 14.6. The molecule has 0 aromatic heterocycles. The minimum Gasteiger partial charge on any atom is -0.415 e. The van der Waals surface area contributed by atoms with Crippen LogP contribution in [0.3, 0.4) is 0 Å². The Morgan fingerprint density at radius 3 is 1.97 bits per heavy atom. The van der Waals surface area contributed by atoms with E-state index in [4.69, 9.17) is 13.7 Å². The van der Waals surface area contributed by atoms with Crippen LogP contribution in [0.1, 0.15) is 47.1 Å². The minimum absolute atomic E-state index is 0.0197. The number of halogens is 1. The summed E-state index contributed by atoms with van der Waals surface area (Å²) in [6.45, 7) is 24.5. The molecule has 1 saturated heterocycles. The molecule has 0 N–H and O–H groups in total. The van der Waals surface area contributed by atoms with E-state index in [0.717, 1.165) is 11.0 Å². The molecule has 1 aromatic carbocycles. The number of rotatable bonds is 8. The van der Waals surface area contributed by atoms with Gasteiger partial charge in [0.1, 0.15) is 6.10 Å². The summed E-state index contributed by atoms with van der Waals surface area (Å²) in [5.74, 6) is 0. The summed E-state index contributed by atoms with van der Waals surface area (Å²) in [5.41, 5.74) is 1.25. The molecule has 31 heavy (non-hydrogen) atoms. The molecular weight excluding hydrogens is 533 g/mol. The van der Waals surface area contributed by atoms with Crippen molar-refractivity contribution in [1.29, 1.82) is 0 Å². The predicted molar refractivity (Wildman–Crippen MR) is 145 cm³/mol. The summed E-state index contributed by atoms with van der Waals surface area (Å²) in [6.07, 6.45) is 0.0673. The highest BCUT2D eigenvalue weighted by Crippen LogP contribution is 2.41. The summed E-state index contributed by atoms with van der Waals surface area (Å²) in [6, 6.07) is 10.6. The third-order valence-electron chi connectivity index (χ3n) is 7.38. The van der Waals surface area contributed by atoms with E-state index in [0.29, 0.717) is 6.61 Å². The molecule has 1 aliphatic heterocycles. The number of benzene rings is 1. The Morgan fingerprint density at radius 2 is 1.48 bits per heavy atom. The maximum Gasteiger partial charge on any atom is 0.192 e. The lowest BCUT2D eigenvalue weighted by molar-refractivity contribution is -0.167. The van der Waals surface area contributed by atoms with E-state index in [-0.39, 0.29) is 28.3 Å². The molecule has 1 aromatic rings. The highest BCUT2D eigenvalue weighted by molar-refractivity contribution is 14.1. The van der Waals surface area contributed by atoms with Crippen LogP contribution in [0.15, 0.2) is 30.3 Å². The van der Waals surface area contributed by atoms with Gasteiger partial charge in [0.25, 0.3) is 0 Å². The van der Waals surface area contributed by atoms with Crippen molar-refractivity contribution in [2.75, 3.05) is 11.0 Å². The van der Waals surface area contributed by atoms with Crippen LogP contribution in [0.5, 0.6) is 0 Å². The molecular formula is C24H44INO3Si2. The van der Waals surface area contributed by atoms with E-state index in [2.05, 4.69) is 126 Å². The molecule has 2 rings (SSSR count). The average molecular weight is 578 g/mol. The summed E-state index contributed by atoms with van der Waals surface area (Å²) >= 11 is 2.44. The summed E-state index contributed by atoms with van der Waals surface area (Å²) in [4.78, 5) is 6.51. The molecule has 4 nitrogen and oxygen atoms in total. The van der Waals surface area contributed by atoms with Gasteiger partial charge in [0, 0.05) is 11.0 Å². The molecule has 0 saturated carbocycles. The van der Waals surface area contributed by atoms with Crippen LogP contribution in [-0.4, -0.2) is 51.0 Å². The summed E-state index contributed by atoms with van der Waals surface area (Å²) in [5, 5.41) is 2.47. The largest absolute Gasteiger partial charge is 0.415 e. The highest BCUT2D eigenvalue weighted by atomic mass is 127. The quantitative estimate of drug-likeness (QED) is 0.189. The molecule has 7 heteroatoms. The smallest absolute Gasteiger partial charge is 0.192 e. The van der Waals surface area contributed by atoms with Gasteiger partial charge in [-0.25, -0.2) is 0 Å². The number of hydroxylamine groups is 2. The van der Waals surface area contributed by atoms with E-state index < -0.39 is 16.6 Å². The van der Waals surface area contributed by atoms with Crippen LogP contribution in [0.2, 0.25) is 36.3 Å². The fourth-order valence-electron chi connectivity index (χ4n) is 3.12. The first-order chi connectivity index (χ1) is 14.1. The minimum atomic E-state index is -1.96. The number of nitrogens with zero attached hydrogens (tertiary/aromatic N) is 1. The first-order valence-corrected chi connectivity index (χ1v) is 18.8. The molecule has 1 fully saturated rings. The SMILES string of the molecule is CC(C)(C)[Si](C)(C)OC[C@@H]1[C@@H](O[Si](C)(C)C(C)(C)C)[C@@H](CI)ON1Cc1ccccc1. The third kappa shape index (κ3) is 6.86. The molecule has 1 aliphatic rings. The number of alkyl halides is 1. The molecule has 0 aliphatic carbocycles. The molecule has 0 bridgehead atoms. The lowest BCUT2D eigenvalue weighted by Crippen LogP contribution is -2.52. The maximum absolute atomic E-state index is 7.00. The van der Waals surface area contributed by atoms with Gasteiger partial charge in [-0.2, -0.15) is 5.06 Å². The van der Waals surface area contributed by atoms with Crippen LogP contribution < -0.4 is 0 Å². The third-order valence-corrected chi connectivity index (χ3v) is 17.2. The van der Waals surface area contributed by atoms with Crippen molar-refractivity contribution in [3.63, 3.8) is 0 Å². The molecule has 0 spiro atoms. The number of hydrogen-bond acceptors (Lipinski definition) is 4. The molecule has 1 heterocycles. The predicted octanol–water partition coefficient (Wildman–Crippen LogP) is 7.02. The van der Waals surface area contributed by atoms with Gasteiger partial charge in [0.15, 0.2) is 16.6 Å². The molecule has 0 amide bonds. The van der Waals surface area contributed by atoms with Crippen LogP contribution in [-0.2, 0) is 20.2 Å². The fraction of sp³-hybridized carbons (Fsp3) is 0.750. The van der Waals surface area contributed by atoms with Crippen molar-refractivity contribution in [2.24, 2.45) is 0 Å². The maximum atomic E-state index is 7.00. The zero-order chi connectivity index (χ0) is 23.7. The van der Waals surface area contributed by atoms with Crippen LogP contribution >= 0.6 is 22.6 Å². The van der Waals surface area contributed by atoms with Crippen molar-refractivity contribution < 1.29 is 13.7 Å². The second kappa shape index (κ2) is 10.2. The second-order valence-corrected chi connectivity index (χ2v) is 22.3. The van der Waals surface area contributed by atoms with Gasteiger partial charge in [0.05, 0.1) is 18.8 Å². The first kappa shape index (κ1) is 27.5. The van der Waals surface area contributed by atoms with Gasteiger partial charge in [-0.05, 0) is 41.8 Å². The highest BCUT2D eigenvalue weighted by Gasteiger charge is 2.50. The second-order valence-electron chi connectivity index (χ2n) is 11.8. The lowest BCUT2D eigenvalue weighted by atomic mass is 10.1. The van der Waals surface area contributed by atoms with Gasteiger partial charge in [-0.15, -0.1) is 0 Å². The lowest BCUT2D eigenvalue weighted by Gasteiger charge is -2.42. The molecule has 0 radical (unpaired) electrons. The molecule has 178 valence electrons. The fourth-order valence-corrected chi connectivity index (χ4v) is 6.14. The van der Waals surface area contributed by atoms with E-state index in [1.54, 1.807) is 0 Å². The van der Waals surface area contributed by atoms with Crippen molar-refractivity contribution in [3.8, 4) is 0 Å². The van der Waals surface area contributed by atoms with Crippen molar-refractivity contribution in [3.05, 3.63) is 35.9 Å². The Balaban J connectivity index is 2.32. The zero-order valence-electron chi connectivity index (χ0n) is 21.3. The normalized spacial score (nSPS) is 24.0. The van der Waals surface area contributed by atoms with Gasteiger partial charge in [-0.3, -0.25) is 4.84 Å². The Hall–Kier alpha value is 0.224. The Kier molecular flexibility index (Phi) is 9.07. The Labute approximate surface area is 206 Å². The molecule has 0 unspecified atom stereocenters. The monoisotopic (exact) mass is 577 g/mol. The van der Waals surface area contributed by atoms with Crippen LogP contribution in [0, 0.1) is 0 Å². The van der Waals surface area contributed by atoms with Crippen molar-refractivity contribution >= 4 is 39.2 Å². The van der Waals surface area contributed by atoms with Crippen LogP contribution in [0.4, 0.5) is 0 Å². The summed E-state index contributed by atoms with van der Waals surface area (Å²) in [7, 11) is -3.84. The van der Waals surface area contributed by atoms with Crippen molar-refractivity contribution in [2.45, 2.75) is 103 Å². The van der Waals surface area contributed by atoms with Crippen molar-refractivity contribution in [1.82, 2.24) is 5.06 Å². The average Bonchev–Trinajstić information content (AvgIpc) is 2.94. The van der Waals surface area contributed by atoms with Gasteiger partial charge in [0.2, 0.25) is 0 Å². The van der Waals surface area contributed by atoms with Gasteiger partial charge in [-0.1, -0.05) is 94.5 Å². The topological polar surface area (TPSA) is 30.9 Å². The van der Waals surface area contributed by atoms with E-state index >= 15 is 0 Å². The van der Waals surface area contributed by atoms with E-state index in [9.17, 15) is 0 Å². The van der Waals surface area contributed by atoms with E-state index in [1.807, 2.05) is 0 Å². The number of hydrogen-bond donors (Lipinski definition) is 0. The molecule has 3 atom stereocenters. The van der Waals surface area contributed by atoms with E-state index in [1.165, 1.54) is 5.56 Å². The van der Waals surface area contributed by atoms with Crippen LogP contribution in [0.25, 0.3) is 0 Å². The Morgan fingerprint density at radius 1 is 0.935 bits per heavy atom. The standard InChI is InChI=1S/C24H44INO3Si2/c1-23(2,3)30(7,8)27-18-20-22(29-31(9,10)24(4,5)6)21(16-25)28-26(20)17-19-14-12-11-13-15-19/h11-15,20-22H,16-18H2,1-10H3/t20-,21-,22-/m1/s1.